The summed E-state index contributed by atoms with van der Waals surface area (Å²) >= 11 is 1.44. The standard InChI is InChI=1S/C14H13NO3S/c1-2-11-6-7-12(19-11)13(16)15-10-5-3-4-9(8-10)14(17)18/h3-8H,2H2,1H3,(H,15,16)(H,17,18). The van der Waals surface area contributed by atoms with Crippen LogP contribution in [0, 0.1) is 0 Å². The van der Waals surface area contributed by atoms with Crippen LogP contribution < -0.4 is 5.32 Å². The molecule has 0 saturated carbocycles. The van der Waals surface area contributed by atoms with Crippen molar-refractivity contribution in [3.8, 4) is 0 Å². The Hall–Kier alpha value is -2.14. The first-order valence-electron chi connectivity index (χ1n) is 5.83. The summed E-state index contributed by atoms with van der Waals surface area (Å²) < 4.78 is 0. The zero-order valence-electron chi connectivity index (χ0n) is 10.3. The normalized spacial score (nSPS) is 10.2. The SMILES string of the molecule is CCc1ccc(C(=O)Nc2cccc(C(=O)O)c2)s1. The van der Waals surface area contributed by atoms with Crippen LogP contribution in [0.2, 0.25) is 0 Å². The van der Waals surface area contributed by atoms with Crippen molar-refractivity contribution in [3.63, 3.8) is 0 Å². The number of carbonyl (C=O) groups excluding carboxylic acids is 1. The van der Waals surface area contributed by atoms with Gasteiger partial charge in [-0.15, -0.1) is 11.3 Å². The van der Waals surface area contributed by atoms with Crippen LogP contribution in [0.1, 0.15) is 31.8 Å². The van der Waals surface area contributed by atoms with E-state index in [1.807, 2.05) is 13.0 Å². The molecule has 2 rings (SSSR count). The lowest BCUT2D eigenvalue weighted by atomic mass is 10.2. The molecule has 0 spiro atoms. The summed E-state index contributed by atoms with van der Waals surface area (Å²) in [6.45, 7) is 2.03. The predicted octanol–water partition coefficient (Wildman–Crippen LogP) is 3.26. The van der Waals surface area contributed by atoms with E-state index >= 15 is 0 Å². The van der Waals surface area contributed by atoms with Gasteiger partial charge in [0.05, 0.1) is 10.4 Å². The van der Waals surface area contributed by atoms with Gasteiger partial charge in [0.15, 0.2) is 0 Å². The number of aryl methyl sites for hydroxylation is 1. The van der Waals surface area contributed by atoms with Crippen LogP contribution in [0.15, 0.2) is 36.4 Å². The molecule has 2 aromatic rings. The summed E-state index contributed by atoms with van der Waals surface area (Å²) in [6, 6.07) is 9.89. The van der Waals surface area contributed by atoms with Crippen LogP contribution in [0.25, 0.3) is 0 Å². The van der Waals surface area contributed by atoms with Gasteiger partial charge < -0.3 is 10.4 Å². The van der Waals surface area contributed by atoms with Crippen LogP contribution in [0.3, 0.4) is 0 Å². The van der Waals surface area contributed by atoms with Crippen molar-refractivity contribution < 1.29 is 14.7 Å². The molecule has 0 fully saturated rings. The smallest absolute Gasteiger partial charge is 0.335 e. The highest BCUT2D eigenvalue weighted by molar-refractivity contribution is 7.14. The summed E-state index contributed by atoms with van der Waals surface area (Å²) in [5.74, 6) is -1.23. The van der Waals surface area contributed by atoms with Crippen molar-refractivity contribution >= 4 is 28.9 Å². The largest absolute Gasteiger partial charge is 0.478 e. The molecular weight excluding hydrogens is 262 g/mol. The number of nitrogens with one attached hydrogen (secondary N) is 1. The van der Waals surface area contributed by atoms with Crippen molar-refractivity contribution in [2.75, 3.05) is 5.32 Å². The van der Waals surface area contributed by atoms with E-state index in [9.17, 15) is 9.59 Å². The van der Waals surface area contributed by atoms with E-state index < -0.39 is 5.97 Å². The number of benzene rings is 1. The fourth-order valence-corrected chi connectivity index (χ4v) is 2.46. The van der Waals surface area contributed by atoms with E-state index in [4.69, 9.17) is 5.11 Å². The lowest BCUT2D eigenvalue weighted by Crippen LogP contribution is -2.10. The molecule has 0 radical (unpaired) electrons. The molecule has 0 bridgehead atoms. The Morgan fingerprint density at radius 3 is 2.68 bits per heavy atom. The molecule has 5 heteroatoms. The van der Waals surface area contributed by atoms with Gasteiger partial charge in [-0.1, -0.05) is 13.0 Å². The third-order valence-electron chi connectivity index (χ3n) is 2.60. The minimum atomic E-state index is -1.01. The molecule has 2 N–H and O–H groups in total. The van der Waals surface area contributed by atoms with Crippen molar-refractivity contribution in [2.45, 2.75) is 13.3 Å². The average Bonchev–Trinajstić information content (AvgIpc) is 2.88. The van der Waals surface area contributed by atoms with E-state index in [0.29, 0.717) is 10.6 Å². The number of hydrogen-bond acceptors (Lipinski definition) is 3. The number of thiophene rings is 1. The molecule has 4 nitrogen and oxygen atoms in total. The molecule has 1 aromatic carbocycles. The quantitative estimate of drug-likeness (QED) is 0.900. The first-order chi connectivity index (χ1) is 9.10. The molecule has 19 heavy (non-hydrogen) atoms. The van der Waals surface area contributed by atoms with Crippen LogP contribution in [0.5, 0.6) is 0 Å². The molecule has 0 aliphatic heterocycles. The Bertz CT molecular complexity index is 619. The fraction of sp³-hybridized carbons (Fsp3) is 0.143. The van der Waals surface area contributed by atoms with Crippen LogP contribution in [-0.2, 0) is 6.42 Å². The highest BCUT2D eigenvalue weighted by Crippen LogP contribution is 2.19. The lowest BCUT2D eigenvalue weighted by molar-refractivity contribution is 0.0696. The Morgan fingerprint density at radius 1 is 1.26 bits per heavy atom. The number of anilines is 1. The Balaban J connectivity index is 2.14. The Kier molecular flexibility index (Phi) is 3.97. The van der Waals surface area contributed by atoms with Crippen molar-refractivity contribution in [1.29, 1.82) is 0 Å². The number of carboxylic acids is 1. The highest BCUT2D eigenvalue weighted by atomic mass is 32.1. The second kappa shape index (κ2) is 5.67. The van der Waals surface area contributed by atoms with E-state index in [2.05, 4.69) is 5.32 Å². The van der Waals surface area contributed by atoms with Gasteiger partial charge in [0.2, 0.25) is 0 Å². The first kappa shape index (κ1) is 13.3. The predicted molar refractivity (Wildman–Crippen MR) is 75.1 cm³/mol. The summed E-state index contributed by atoms with van der Waals surface area (Å²) in [6.07, 6.45) is 0.895. The molecule has 1 amide bonds. The number of carbonyl (C=O) groups is 2. The Labute approximate surface area is 114 Å². The zero-order chi connectivity index (χ0) is 13.8. The van der Waals surface area contributed by atoms with Crippen molar-refractivity contribution in [2.24, 2.45) is 0 Å². The Morgan fingerprint density at radius 2 is 2.05 bits per heavy atom. The molecule has 1 heterocycles. The van der Waals surface area contributed by atoms with Gasteiger partial charge in [0.1, 0.15) is 0 Å². The highest BCUT2D eigenvalue weighted by Gasteiger charge is 2.10. The maximum atomic E-state index is 12.0. The lowest BCUT2D eigenvalue weighted by Gasteiger charge is -2.04. The molecular formula is C14H13NO3S. The third-order valence-corrected chi connectivity index (χ3v) is 3.83. The summed E-state index contributed by atoms with van der Waals surface area (Å²) in [5.41, 5.74) is 0.634. The van der Waals surface area contributed by atoms with Gasteiger partial charge in [0.25, 0.3) is 5.91 Å². The van der Waals surface area contributed by atoms with Gasteiger partial charge >= 0.3 is 5.97 Å². The monoisotopic (exact) mass is 275 g/mol. The minimum absolute atomic E-state index is 0.151. The van der Waals surface area contributed by atoms with Gasteiger partial charge in [-0.3, -0.25) is 4.79 Å². The second-order valence-electron chi connectivity index (χ2n) is 3.96. The molecule has 0 saturated heterocycles. The third kappa shape index (κ3) is 3.20. The minimum Gasteiger partial charge on any atom is -0.478 e. The van der Waals surface area contributed by atoms with E-state index in [-0.39, 0.29) is 11.5 Å². The van der Waals surface area contributed by atoms with Crippen LogP contribution >= 0.6 is 11.3 Å². The second-order valence-corrected chi connectivity index (χ2v) is 5.13. The van der Waals surface area contributed by atoms with Crippen molar-refractivity contribution in [3.05, 3.63) is 51.7 Å². The van der Waals surface area contributed by atoms with E-state index in [0.717, 1.165) is 11.3 Å². The van der Waals surface area contributed by atoms with Crippen LogP contribution in [-0.4, -0.2) is 17.0 Å². The number of rotatable bonds is 4. The maximum absolute atomic E-state index is 12.0. The van der Waals surface area contributed by atoms with Crippen LogP contribution in [0.4, 0.5) is 5.69 Å². The van der Waals surface area contributed by atoms with E-state index in [1.165, 1.54) is 23.5 Å². The first-order valence-corrected chi connectivity index (χ1v) is 6.65. The van der Waals surface area contributed by atoms with Gasteiger partial charge in [-0.2, -0.15) is 0 Å². The van der Waals surface area contributed by atoms with Gasteiger partial charge in [0, 0.05) is 10.6 Å². The maximum Gasteiger partial charge on any atom is 0.335 e. The molecule has 98 valence electrons. The molecule has 1 aromatic heterocycles. The van der Waals surface area contributed by atoms with E-state index in [1.54, 1.807) is 18.2 Å². The topological polar surface area (TPSA) is 66.4 Å². The molecule has 0 aliphatic carbocycles. The zero-order valence-corrected chi connectivity index (χ0v) is 11.2. The van der Waals surface area contributed by atoms with Gasteiger partial charge in [-0.05, 0) is 36.8 Å². The van der Waals surface area contributed by atoms with Gasteiger partial charge in [-0.25, -0.2) is 4.79 Å². The molecule has 0 aliphatic rings. The number of hydrogen-bond donors (Lipinski definition) is 2. The number of aromatic carboxylic acids is 1. The summed E-state index contributed by atoms with van der Waals surface area (Å²) in [5, 5.41) is 11.6. The average molecular weight is 275 g/mol. The molecule has 0 unspecified atom stereocenters. The van der Waals surface area contributed by atoms with Crippen molar-refractivity contribution in [1.82, 2.24) is 0 Å². The summed E-state index contributed by atoms with van der Waals surface area (Å²) in [4.78, 5) is 24.6. The molecule has 0 atom stereocenters. The number of amides is 1. The fourth-order valence-electron chi connectivity index (χ4n) is 1.61. The summed E-state index contributed by atoms with van der Waals surface area (Å²) in [7, 11) is 0. The number of carboxylic acid groups (broad SMARTS) is 1.